The number of hydrogen-bond acceptors (Lipinski definition) is 5. The lowest BCUT2D eigenvalue weighted by Gasteiger charge is -2.19. The Morgan fingerprint density at radius 2 is 1.81 bits per heavy atom. The molecule has 6 heteroatoms. The van der Waals surface area contributed by atoms with Crippen LogP contribution in [0.5, 0.6) is 11.5 Å². The Kier molecular flexibility index (Phi) is 5.18. The maximum atomic E-state index is 12.1. The van der Waals surface area contributed by atoms with Gasteiger partial charge in [0.1, 0.15) is 17.1 Å². The van der Waals surface area contributed by atoms with E-state index in [1.54, 1.807) is 32.9 Å². The van der Waals surface area contributed by atoms with Gasteiger partial charge in [0.15, 0.2) is 11.8 Å². The predicted octanol–water partition coefficient (Wildman–Crippen LogP) is 2.22. The number of hydrogen-bond donors (Lipinski definition) is 0. The fourth-order valence-corrected chi connectivity index (χ4v) is 1.63. The summed E-state index contributed by atoms with van der Waals surface area (Å²) in [6, 6.07) is 3.15. The molecule has 21 heavy (non-hydrogen) atoms. The summed E-state index contributed by atoms with van der Waals surface area (Å²) in [5.74, 6) is 0.186. The third-order valence-corrected chi connectivity index (χ3v) is 2.87. The van der Waals surface area contributed by atoms with Gasteiger partial charge in [0.05, 0.1) is 26.9 Å². The fraction of sp³-hybridized carbons (Fsp3) is 0.467. The lowest BCUT2D eigenvalue weighted by atomic mass is 10.1. The van der Waals surface area contributed by atoms with Crippen molar-refractivity contribution in [3.63, 3.8) is 0 Å². The Morgan fingerprint density at radius 3 is 2.24 bits per heavy atom. The van der Waals surface area contributed by atoms with E-state index in [0.717, 1.165) is 4.74 Å². The van der Waals surface area contributed by atoms with Crippen LogP contribution in [0.4, 0.5) is 0 Å². The zero-order valence-electron chi connectivity index (χ0n) is 13.2. The summed E-state index contributed by atoms with van der Waals surface area (Å²) in [6.07, 6.45) is 1.33. The summed E-state index contributed by atoms with van der Waals surface area (Å²) in [5, 5.41) is 12.1. The van der Waals surface area contributed by atoms with Gasteiger partial charge in [-0.1, -0.05) is 0 Å². The predicted molar refractivity (Wildman–Crippen MR) is 79.4 cm³/mol. The third kappa shape index (κ3) is 3.87. The molecule has 0 spiro atoms. The van der Waals surface area contributed by atoms with E-state index in [1.807, 2.05) is 0 Å². The van der Waals surface area contributed by atoms with E-state index in [4.69, 9.17) is 14.2 Å². The number of carbonyl (C=O) groups excluding carboxylic acids is 1. The summed E-state index contributed by atoms with van der Waals surface area (Å²) < 4.78 is 15.9. The molecule has 1 rings (SSSR count). The highest BCUT2D eigenvalue weighted by molar-refractivity contribution is 6.01. The molecular weight excluding hydrogens is 274 g/mol. The van der Waals surface area contributed by atoms with Crippen LogP contribution in [0.25, 0.3) is 0 Å². The smallest absolute Gasteiger partial charge is 0.342 e. The first kappa shape index (κ1) is 16.8. The number of esters is 1. The van der Waals surface area contributed by atoms with E-state index in [0.29, 0.717) is 11.3 Å². The van der Waals surface area contributed by atoms with Crippen LogP contribution in [-0.2, 0) is 4.74 Å². The van der Waals surface area contributed by atoms with Gasteiger partial charge in [0.2, 0.25) is 0 Å². The minimum Gasteiger partial charge on any atom is -0.623 e. The molecule has 0 aliphatic carbocycles. The van der Waals surface area contributed by atoms with Gasteiger partial charge >= 0.3 is 5.97 Å². The van der Waals surface area contributed by atoms with Gasteiger partial charge in [-0.2, -0.15) is 0 Å². The number of nitrogens with zero attached hydrogens (tertiary/aromatic N) is 1. The summed E-state index contributed by atoms with van der Waals surface area (Å²) in [4.78, 5) is 12.0. The SMILES string of the molecule is COC(=O)c1c(/C=[N+](\[O-])C(C)(C)C)cc(OC)cc1OC. The van der Waals surface area contributed by atoms with Gasteiger partial charge in [-0.25, -0.2) is 9.53 Å². The first-order valence-corrected chi connectivity index (χ1v) is 6.40. The van der Waals surface area contributed by atoms with E-state index in [9.17, 15) is 10.0 Å². The molecule has 0 amide bonds. The first-order valence-electron chi connectivity index (χ1n) is 6.40. The van der Waals surface area contributed by atoms with Crippen molar-refractivity contribution >= 4 is 12.2 Å². The van der Waals surface area contributed by atoms with Crippen molar-refractivity contribution in [1.29, 1.82) is 0 Å². The van der Waals surface area contributed by atoms with Crippen LogP contribution in [0.1, 0.15) is 36.7 Å². The Hall–Kier alpha value is -2.24. The summed E-state index contributed by atoms with van der Waals surface area (Å²) >= 11 is 0. The standard InChI is InChI=1S/C15H21NO5/c1-15(2,3)16(18)9-10-7-11(19-4)8-12(20-5)13(10)14(17)21-6/h7-9H,1-6H3/b16-9-. The molecule has 6 nitrogen and oxygen atoms in total. The minimum atomic E-state index is -0.635. The van der Waals surface area contributed by atoms with Crippen molar-refractivity contribution in [3.8, 4) is 11.5 Å². The van der Waals surface area contributed by atoms with Crippen molar-refractivity contribution in [2.45, 2.75) is 26.3 Å². The van der Waals surface area contributed by atoms with Crippen LogP contribution in [0, 0.1) is 5.21 Å². The van der Waals surface area contributed by atoms with Crippen LogP contribution in [0.2, 0.25) is 0 Å². The molecule has 0 bridgehead atoms. The maximum Gasteiger partial charge on any atom is 0.342 e. The monoisotopic (exact) mass is 295 g/mol. The average Bonchev–Trinajstić information content (AvgIpc) is 2.44. The number of hydroxylamine groups is 1. The molecule has 1 aromatic rings. The van der Waals surface area contributed by atoms with Crippen LogP contribution < -0.4 is 9.47 Å². The Labute approximate surface area is 124 Å². The van der Waals surface area contributed by atoms with Crippen LogP contribution in [0.3, 0.4) is 0 Å². The van der Waals surface area contributed by atoms with Crippen LogP contribution >= 0.6 is 0 Å². The normalized spacial score (nSPS) is 12.0. The lowest BCUT2D eigenvalue weighted by Crippen LogP contribution is -2.29. The van der Waals surface area contributed by atoms with Crippen molar-refractivity contribution < 1.29 is 23.7 Å². The maximum absolute atomic E-state index is 12.1. The van der Waals surface area contributed by atoms with Crippen molar-refractivity contribution in [2.24, 2.45) is 0 Å². The molecule has 0 fully saturated rings. The highest BCUT2D eigenvalue weighted by Crippen LogP contribution is 2.29. The van der Waals surface area contributed by atoms with Crippen molar-refractivity contribution in [1.82, 2.24) is 0 Å². The van der Waals surface area contributed by atoms with E-state index < -0.39 is 11.5 Å². The second-order valence-electron chi connectivity index (χ2n) is 5.41. The molecule has 0 N–H and O–H groups in total. The van der Waals surface area contributed by atoms with E-state index in [-0.39, 0.29) is 11.3 Å². The van der Waals surface area contributed by atoms with Crippen LogP contribution in [-0.4, -0.2) is 43.8 Å². The number of ether oxygens (including phenoxy) is 3. The molecule has 0 unspecified atom stereocenters. The Balaban J connectivity index is 3.57. The zero-order valence-corrected chi connectivity index (χ0v) is 13.2. The number of rotatable bonds is 4. The summed E-state index contributed by atoms with van der Waals surface area (Å²) in [5.41, 5.74) is -0.0714. The second kappa shape index (κ2) is 6.47. The summed E-state index contributed by atoms with van der Waals surface area (Å²) in [7, 11) is 4.20. The number of carbonyl (C=O) groups is 1. The lowest BCUT2D eigenvalue weighted by molar-refractivity contribution is -0.530. The molecular formula is C15H21NO5. The van der Waals surface area contributed by atoms with Gasteiger partial charge in [-0.3, -0.25) is 0 Å². The molecule has 0 radical (unpaired) electrons. The molecule has 0 saturated carbocycles. The first-order chi connectivity index (χ1) is 9.74. The molecule has 116 valence electrons. The number of benzene rings is 1. The topological polar surface area (TPSA) is 70.8 Å². The molecule has 0 aromatic heterocycles. The van der Waals surface area contributed by atoms with Crippen molar-refractivity contribution in [2.75, 3.05) is 21.3 Å². The van der Waals surface area contributed by atoms with E-state index in [1.165, 1.54) is 27.5 Å². The van der Waals surface area contributed by atoms with Crippen LogP contribution in [0.15, 0.2) is 12.1 Å². The van der Waals surface area contributed by atoms with E-state index in [2.05, 4.69) is 0 Å². The highest BCUT2D eigenvalue weighted by atomic mass is 16.5. The fourth-order valence-electron chi connectivity index (χ4n) is 1.63. The average molecular weight is 295 g/mol. The van der Waals surface area contributed by atoms with Gasteiger partial charge in [0, 0.05) is 26.8 Å². The minimum absolute atomic E-state index is 0.186. The highest BCUT2D eigenvalue weighted by Gasteiger charge is 2.24. The van der Waals surface area contributed by atoms with E-state index >= 15 is 0 Å². The molecule has 0 atom stereocenters. The zero-order chi connectivity index (χ0) is 16.2. The summed E-state index contributed by atoms with van der Waals surface area (Å²) in [6.45, 7) is 5.31. The molecule has 1 aromatic carbocycles. The molecule has 0 saturated heterocycles. The Morgan fingerprint density at radius 1 is 1.19 bits per heavy atom. The molecule has 0 aliphatic rings. The molecule has 0 heterocycles. The largest absolute Gasteiger partial charge is 0.623 e. The van der Waals surface area contributed by atoms with Gasteiger partial charge < -0.3 is 19.4 Å². The van der Waals surface area contributed by atoms with Gasteiger partial charge in [-0.05, 0) is 6.07 Å². The Bertz CT molecular complexity index is 558. The quantitative estimate of drug-likeness (QED) is 0.280. The van der Waals surface area contributed by atoms with Gasteiger partial charge in [-0.15, -0.1) is 0 Å². The second-order valence-corrected chi connectivity index (χ2v) is 5.41. The van der Waals surface area contributed by atoms with Crippen molar-refractivity contribution in [3.05, 3.63) is 28.5 Å². The van der Waals surface area contributed by atoms with Gasteiger partial charge in [0.25, 0.3) is 0 Å². The molecule has 0 aliphatic heterocycles. The number of methoxy groups -OCH3 is 3. The third-order valence-electron chi connectivity index (χ3n) is 2.87.